The quantitative estimate of drug-likeness (QED) is 0.327. The number of fused-ring (bicyclic) bond motifs is 1. The summed E-state index contributed by atoms with van der Waals surface area (Å²) in [5, 5.41) is 0. The number of hydrogen-bond donors (Lipinski definition) is 0. The third-order valence-electron chi connectivity index (χ3n) is 6.30. The third kappa shape index (κ3) is 4.33. The second-order valence-corrected chi connectivity index (χ2v) is 8.52. The van der Waals surface area contributed by atoms with E-state index in [1.807, 2.05) is 18.2 Å². The van der Waals surface area contributed by atoms with Crippen molar-refractivity contribution in [3.05, 3.63) is 119 Å². The van der Waals surface area contributed by atoms with E-state index in [4.69, 9.17) is 9.47 Å². The van der Waals surface area contributed by atoms with Crippen LogP contribution < -0.4 is 0 Å². The Balaban J connectivity index is 1.41. The van der Waals surface area contributed by atoms with E-state index in [2.05, 4.69) is 73.7 Å². The smallest absolute Gasteiger partial charge is 0.338 e. The summed E-state index contributed by atoms with van der Waals surface area (Å²) in [5.41, 5.74) is 9.78. The fraction of sp³-hybridized carbons (Fsp3) is 0.167. The van der Waals surface area contributed by atoms with Gasteiger partial charge < -0.3 is 9.47 Å². The molecule has 1 heterocycles. The van der Waals surface area contributed by atoms with Gasteiger partial charge in [0.2, 0.25) is 0 Å². The summed E-state index contributed by atoms with van der Waals surface area (Å²) in [6, 6.07) is 31.2. The highest BCUT2D eigenvalue weighted by Gasteiger charge is 2.22. The molecular formula is C30H26O3. The van der Waals surface area contributed by atoms with Gasteiger partial charge in [-0.05, 0) is 64.1 Å². The van der Waals surface area contributed by atoms with Crippen molar-refractivity contribution in [2.75, 3.05) is 7.11 Å². The third-order valence-corrected chi connectivity index (χ3v) is 6.30. The number of hydrogen-bond acceptors (Lipinski definition) is 3. The number of carbonyl (C=O) groups is 1. The highest BCUT2D eigenvalue weighted by Crippen LogP contribution is 2.35. The molecule has 0 fully saturated rings. The number of rotatable bonds is 4. The predicted molar refractivity (Wildman–Crippen MR) is 131 cm³/mol. The number of esters is 1. The molecule has 0 aromatic heterocycles. The van der Waals surface area contributed by atoms with Crippen molar-refractivity contribution in [1.82, 2.24) is 0 Å². The molecule has 4 aromatic carbocycles. The Bertz CT molecular complexity index is 1320. The van der Waals surface area contributed by atoms with Gasteiger partial charge in [0, 0.05) is 6.42 Å². The predicted octanol–water partition coefficient (Wildman–Crippen LogP) is 6.93. The zero-order chi connectivity index (χ0) is 22.8. The minimum absolute atomic E-state index is 0.0236. The van der Waals surface area contributed by atoms with Crippen molar-refractivity contribution in [2.24, 2.45) is 0 Å². The molecule has 0 spiro atoms. The molecular weight excluding hydrogens is 408 g/mol. The number of aryl methyl sites for hydroxylation is 1. The molecule has 1 aliphatic rings. The van der Waals surface area contributed by atoms with E-state index in [1.165, 1.54) is 40.5 Å². The molecule has 0 bridgehead atoms. The van der Waals surface area contributed by atoms with Crippen LogP contribution in [0.25, 0.3) is 22.3 Å². The van der Waals surface area contributed by atoms with Gasteiger partial charge in [-0.1, -0.05) is 78.4 Å². The maximum absolute atomic E-state index is 12.2. The zero-order valence-corrected chi connectivity index (χ0v) is 18.9. The maximum atomic E-state index is 12.2. The molecule has 33 heavy (non-hydrogen) atoms. The summed E-state index contributed by atoms with van der Waals surface area (Å²) in [7, 11) is 1.41. The first kappa shape index (κ1) is 21.2. The molecule has 164 valence electrons. The Morgan fingerprint density at radius 1 is 0.818 bits per heavy atom. The molecule has 0 amide bonds. The average molecular weight is 435 g/mol. The molecule has 0 N–H and O–H groups in total. The standard InChI is InChI=1S/C30H26O3/c1-20-7-5-8-21(15-20)22-9-6-10-25(16-22)29-18-23-13-14-24(17-26(23)19-33-29)27-11-3-4-12-28(27)30(31)32-2/h3-17,29H,18-19H2,1-2H3. The molecule has 3 heteroatoms. The lowest BCUT2D eigenvalue weighted by Crippen LogP contribution is -2.15. The van der Waals surface area contributed by atoms with Gasteiger partial charge in [-0.25, -0.2) is 4.79 Å². The van der Waals surface area contributed by atoms with Crippen molar-refractivity contribution in [1.29, 1.82) is 0 Å². The second kappa shape index (κ2) is 9.05. The molecule has 0 saturated carbocycles. The minimum Gasteiger partial charge on any atom is -0.465 e. The Kier molecular flexibility index (Phi) is 5.80. The summed E-state index contributed by atoms with van der Waals surface area (Å²) in [6.45, 7) is 2.66. The average Bonchev–Trinajstić information content (AvgIpc) is 2.87. The Morgan fingerprint density at radius 3 is 2.42 bits per heavy atom. The second-order valence-electron chi connectivity index (χ2n) is 8.52. The lowest BCUT2D eigenvalue weighted by atomic mass is 9.90. The molecule has 1 aliphatic heterocycles. The molecule has 0 saturated heterocycles. The van der Waals surface area contributed by atoms with Crippen molar-refractivity contribution in [2.45, 2.75) is 26.1 Å². The van der Waals surface area contributed by atoms with Crippen LogP contribution in [0, 0.1) is 6.92 Å². The van der Waals surface area contributed by atoms with E-state index >= 15 is 0 Å². The van der Waals surface area contributed by atoms with E-state index in [0.717, 1.165) is 17.5 Å². The normalized spacial score (nSPS) is 15.0. The number of ether oxygens (including phenoxy) is 2. The van der Waals surface area contributed by atoms with Crippen molar-refractivity contribution >= 4 is 5.97 Å². The molecule has 1 unspecified atom stereocenters. The van der Waals surface area contributed by atoms with Crippen molar-refractivity contribution < 1.29 is 14.3 Å². The van der Waals surface area contributed by atoms with Crippen molar-refractivity contribution in [3.8, 4) is 22.3 Å². The summed E-state index contributed by atoms with van der Waals surface area (Å²) in [4.78, 5) is 12.2. The lowest BCUT2D eigenvalue weighted by molar-refractivity contribution is 0.0275. The van der Waals surface area contributed by atoms with E-state index < -0.39 is 0 Å². The van der Waals surface area contributed by atoms with Gasteiger partial charge in [0.25, 0.3) is 0 Å². The summed E-state index contributed by atoms with van der Waals surface area (Å²) in [6.07, 6.45) is 0.849. The number of methoxy groups -OCH3 is 1. The topological polar surface area (TPSA) is 35.5 Å². The van der Waals surface area contributed by atoms with Gasteiger partial charge in [0.1, 0.15) is 0 Å². The van der Waals surface area contributed by atoms with Crippen LogP contribution in [-0.2, 0) is 22.5 Å². The molecule has 0 aliphatic carbocycles. The van der Waals surface area contributed by atoms with Crippen LogP contribution in [0.15, 0.2) is 91.0 Å². The lowest BCUT2D eigenvalue weighted by Gasteiger charge is -2.26. The van der Waals surface area contributed by atoms with Gasteiger partial charge in [0.15, 0.2) is 0 Å². The van der Waals surface area contributed by atoms with E-state index in [1.54, 1.807) is 6.07 Å². The highest BCUT2D eigenvalue weighted by atomic mass is 16.5. The summed E-state index contributed by atoms with van der Waals surface area (Å²) in [5.74, 6) is -0.326. The molecule has 5 rings (SSSR count). The Hall–Kier alpha value is -3.69. The van der Waals surface area contributed by atoms with Crippen LogP contribution in [0.3, 0.4) is 0 Å². The van der Waals surface area contributed by atoms with Gasteiger partial charge in [0.05, 0.1) is 25.4 Å². The van der Waals surface area contributed by atoms with Gasteiger partial charge in [-0.15, -0.1) is 0 Å². The highest BCUT2D eigenvalue weighted by molar-refractivity contribution is 5.97. The van der Waals surface area contributed by atoms with Gasteiger partial charge in [-0.3, -0.25) is 0 Å². The van der Waals surface area contributed by atoms with Crippen LogP contribution in [-0.4, -0.2) is 13.1 Å². The van der Waals surface area contributed by atoms with Crippen molar-refractivity contribution in [3.63, 3.8) is 0 Å². The molecule has 4 aromatic rings. The van der Waals surface area contributed by atoms with Crippen LogP contribution in [0.4, 0.5) is 0 Å². The minimum atomic E-state index is -0.326. The first-order valence-electron chi connectivity index (χ1n) is 11.2. The first-order chi connectivity index (χ1) is 16.1. The molecule has 3 nitrogen and oxygen atoms in total. The SMILES string of the molecule is COC(=O)c1ccccc1-c1ccc2c(c1)COC(c1cccc(-c3cccc(C)c3)c1)C2. The fourth-order valence-corrected chi connectivity index (χ4v) is 4.56. The largest absolute Gasteiger partial charge is 0.465 e. The van der Waals surface area contributed by atoms with Gasteiger partial charge >= 0.3 is 5.97 Å². The van der Waals surface area contributed by atoms with Gasteiger partial charge in [-0.2, -0.15) is 0 Å². The molecule has 0 radical (unpaired) electrons. The van der Waals surface area contributed by atoms with Crippen LogP contribution in [0.1, 0.15) is 38.7 Å². The summed E-state index contributed by atoms with van der Waals surface area (Å²) >= 11 is 0. The maximum Gasteiger partial charge on any atom is 0.338 e. The summed E-state index contributed by atoms with van der Waals surface area (Å²) < 4.78 is 11.3. The number of benzene rings is 4. The first-order valence-corrected chi connectivity index (χ1v) is 11.2. The molecule has 1 atom stereocenters. The van der Waals surface area contributed by atoms with Crippen LogP contribution in [0.2, 0.25) is 0 Å². The monoisotopic (exact) mass is 434 g/mol. The fourth-order valence-electron chi connectivity index (χ4n) is 4.56. The Morgan fingerprint density at radius 2 is 1.61 bits per heavy atom. The Labute approximate surface area is 194 Å². The van der Waals surface area contributed by atoms with E-state index in [-0.39, 0.29) is 12.1 Å². The van der Waals surface area contributed by atoms with Crippen LogP contribution in [0.5, 0.6) is 0 Å². The zero-order valence-electron chi connectivity index (χ0n) is 18.9. The van der Waals surface area contributed by atoms with E-state index in [9.17, 15) is 4.79 Å². The number of carbonyl (C=O) groups excluding carboxylic acids is 1. The van der Waals surface area contributed by atoms with E-state index in [0.29, 0.717) is 12.2 Å². The van der Waals surface area contributed by atoms with Crippen LogP contribution >= 0.6 is 0 Å².